The van der Waals surface area contributed by atoms with E-state index in [4.69, 9.17) is 0 Å². The van der Waals surface area contributed by atoms with Crippen molar-refractivity contribution < 1.29 is 0 Å². The van der Waals surface area contributed by atoms with Gasteiger partial charge in [0, 0.05) is 33.4 Å². The molecule has 10 rings (SSSR count). The molecule has 9 aromatic carbocycles. The van der Waals surface area contributed by atoms with Crippen molar-refractivity contribution in [2.45, 2.75) is 6.92 Å². The summed E-state index contributed by atoms with van der Waals surface area (Å²) in [6.45, 7) is 2.15. The van der Waals surface area contributed by atoms with E-state index in [9.17, 15) is 0 Å². The van der Waals surface area contributed by atoms with Crippen molar-refractivity contribution in [1.29, 1.82) is 0 Å². The average Bonchev–Trinajstić information content (AvgIpc) is 3.58. The molecule has 0 saturated heterocycles. The van der Waals surface area contributed by atoms with E-state index in [-0.39, 0.29) is 0 Å². The zero-order valence-corrected chi connectivity index (χ0v) is 30.6. The predicted octanol–water partition coefficient (Wildman–Crippen LogP) is 14.7. The van der Waals surface area contributed by atoms with Crippen LogP contribution in [0.2, 0.25) is 0 Å². The second-order valence-electron chi connectivity index (χ2n) is 14.3. The number of fused-ring (bicyclic) bond motifs is 4. The van der Waals surface area contributed by atoms with Gasteiger partial charge in [-0.05, 0) is 94.0 Å². The minimum absolute atomic E-state index is 1.09. The summed E-state index contributed by atoms with van der Waals surface area (Å²) in [6, 6.07) is 77.1. The molecule has 1 aromatic heterocycles. The van der Waals surface area contributed by atoms with Crippen molar-refractivity contribution in [3.63, 3.8) is 0 Å². The summed E-state index contributed by atoms with van der Waals surface area (Å²) < 4.78 is 2.48. The van der Waals surface area contributed by atoms with Gasteiger partial charge in [0.15, 0.2) is 0 Å². The van der Waals surface area contributed by atoms with Crippen molar-refractivity contribution in [2.75, 3.05) is 4.90 Å². The van der Waals surface area contributed by atoms with Crippen molar-refractivity contribution in [2.24, 2.45) is 0 Å². The van der Waals surface area contributed by atoms with Gasteiger partial charge in [-0.1, -0.05) is 169 Å². The van der Waals surface area contributed by atoms with Crippen molar-refractivity contribution in [1.82, 2.24) is 4.57 Å². The summed E-state index contributed by atoms with van der Waals surface area (Å²) in [7, 11) is 0. The Kier molecular flexibility index (Phi) is 8.08. The largest absolute Gasteiger partial charge is 0.310 e. The molecule has 0 bridgehead atoms. The van der Waals surface area contributed by atoms with Crippen LogP contribution in [0.15, 0.2) is 212 Å². The van der Waals surface area contributed by atoms with Gasteiger partial charge in [-0.25, -0.2) is 0 Å². The minimum atomic E-state index is 1.09. The number of hydrogen-bond donors (Lipinski definition) is 0. The molecule has 0 aliphatic heterocycles. The number of hydrogen-bond acceptors (Lipinski definition) is 1. The third-order valence-corrected chi connectivity index (χ3v) is 10.9. The van der Waals surface area contributed by atoms with Crippen LogP contribution in [0.4, 0.5) is 17.1 Å². The molecule has 55 heavy (non-hydrogen) atoms. The highest BCUT2D eigenvalue weighted by Crippen LogP contribution is 2.43. The van der Waals surface area contributed by atoms with Crippen molar-refractivity contribution in [3.05, 3.63) is 218 Å². The maximum Gasteiger partial charge on any atom is 0.0562 e. The van der Waals surface area contributed by atoms with Crippen molar-refractivity contribution in [3.8, 4) is 39.1 Å². The third kappa shape index (κ3) is 5.85. The molecule has 0 atom stereocenters. The minimum Gasteiger partial charge on any atom is -0.310 e. The van der Waals surface area contributed by atoms with E-state index in [1.165, 1.54) is 66.0 Å². The molecule has 0 radical (unpaired) electrons. The Morgan fingerprint density at radius 1 is 0.345 bits per heavy atom. The van der Waals surface area contributed by atoms with Gasteiger partial charge in [0.1, 0.15) is 0 Å². The highest BCUT2D eigenvalue weighted by Gasteiger charge is 2.20. The zero-order chi connectivity index (χ0) is 36.7. The third-order valence-electron chi connectivity index (χ3n) is 10.9. The summed E-state index contributed by atoms with van der Waals surface area (Å²) in [6.07, 6.45) is 0. The standard InChI is InChI=1S/C53H38N2/c1-37-20-22-43(23-21-37)53-47-17-9-8-16-42(47)28-35-51(53)55-50-19-11-10-18-48(50)49-34-33-46(36-52(49)55)54(44-29-24-40(25-30-44)38-12-4-2-5-13-38)45-31-26-41(27-32-45)39-14-6-3-7-15-39/h2-36H,1H3. The van der Waals surface area contributed by atoms with Crippen LogP contribution in [0.5, 0.6) is 0 Å². The lowest BCUT2D eigenvalue weighted by Crippen LogP contribution is -2.10. The van der Waals surface area contributed by atoms with Crippen LogP contribution in [0.3, 0.4) is 0 Å². The molecule has 0 aliphatic carbocycles. The number of rotatable bonds is 7. The first-order valence-electron chi connectivity index (χ1n) is 18.9. The Morgan fingerprint density at radius 2 is 0.836 bits per heavy atom. The summed E-state index contributed by atoms with van der Waals surface area (Å²) in [5.74, 6) is 0. The SMILES string of the molecule is Cc1ccc(-c2c(-n3c4ccccc4c4ccc(N(c5ccc(-c6ccccc6)cc5)c5ccc(-c6ccccc6)cc5)cc43)ccc3ccccc23)cc1. The van der Waals surface area contributed by atoms with Gasteiger partial charge < -0.3 is 9.47 Å². The van der Waals surface area contributed by atoms with Crippen LogP contribution in [0, 0.1) is 6.92 Å². The molecule has 2 heteroatoms. The Labute approximate surface area is 321 Å². The summed E-state index contributed by atoms with van der Waals surface area (Å²) in [5, 5.41) is 4.93. The van der Waals surface area contributed by atoms with E-state index in [2.05, 4.69) is 229 Å². The quantitative estimate of drug-likeness (QED) is 0.160. The number of para-hydroxylation sites is 1. The smallest absolute Gasteiger partial charge is 0.0562 e. The Bertz CT molecular complexity index is 2860. The monoisotopic (exact) mass is 702 g/mol. The van der Waals surface area contributed by atoms with E-state index in [0.717, 1.165) is 28.3 Å². The normalized spacial score (nSPS) is 11.4. The number of benzene rings is 9. The van der Waals surface area contributed by atoms with Crippen LogP contribution in [-0.2, 0) is 0 Å². The van der Waals surface area contributed by atoms with E-state index >= 15 is 0 Å². The number of aryl methyl sites for hydroxylation is 1. The van der Waals surface area contributed by atoms with Gasteiger partial charge in [-0.3, -0.25) is 0 Å². The molecule has 10 aromatic rings. The van der Waals surface area contributed by atoms with Gasteiger partial charge in [0.05, 0.1) is 16.7 Å². The van der Waals surface area contributed by atoms with Crippen LogP contribution in [0.25, 0.3) is 71.6 Å². The van der Waals surface area contributed by atoms with Crippen LogP contribution < -0.4 is 4.90 Å². The maximum atomic E-state index is 2.48. The Morgan fingerprint density at radius 3 is 1.47 bits per heavy atom. The Hall–Kier alpha value is -7.16. The fourth-order valence-electron chi connectivity index (χ4n) is 8.14. The first-order chi connectivity index (χ1) is 27.2. The molecule has 0 aliphatic rings. The molecule has 0 amide bonds. The van der Waals surface area contributed by atoms with E-state index in [0.29, 0.717) is 0 Å². The van der Waals surface area contributed by atoms with Gasteiger partial charge in [0.25, 0.3) is 0 Å². The second kappa shape index (κ2) is 13.7. The lowest BCUT2D eigenvalue weighted by molar-refractivity contribution is 1.18. The summed E-state index contributed by atoms with van der Waals surface area (Å²) >= 11 is 0. The van der Waals surface area contributed by atoms with E-state index < -0.39 is 0 Å². The maximum absolute atomic E-state index is 2.48. The fourth-order valence-corrected chi connectivity index (χ4v) is 8.14. The molecule has 0 saturated carbocycles. The lowest BCUT2D eigenvalue weighted by Gasteiger charge is -2.26. The summed E-state index contributed by atoms with van der Waals surface area (Å²) in [5.41, 5.74) is 15.3. The molecule has 0 fully saturated rings. The van der Waals surface area contributed by atoms with Crippen molar-refractivity contribution >= 4 is 49.6 Å². The van der Waals surface area contributed by atoms with Gasteiger partial charge in [-0.2, -0.15) is 0 Å². The average molecular weight is 703 g/mol. The summed E-state index contributed by atoms with van der Waals surface area (Å²) in [4.78, 5) is 2.38. The van der Waals surface area contributed by atoms with E-state index in [1.807, 2.05) is 0 Å². The number of anilines is 3. The predicted molar refractivity (Wildman–Crippen MR) is 234 cm³/mol. The Balaban J connectivity index is 1.20. The molecule has 1 heterocycles. The first kappa shape index (κ1) is 32.5. The number of nitrogens with zero attached hydrogens (tertiary/aromatic N) is 2. The van der Waals surface area contributed by atoms with E-state index in [1.54, 1.807) is 0 Å². The van der Waals surface area contributed by atoms with Crippen LogP contribution in [-0.4, -0.2) is 4.57 Å². The topological polar surface area (TPSA) is 8.17 Å². The molecule has 0 N–H and O–H groups in total. The highest BCUT2D eigenvalue weighted by molar-refractivity contribution is 6.12. The highest BCUT2D eigenvalue weighted by atomic mass is 15.1. The lowest BCUT2D eigenvalue weighted by atomic mass is 9.95. The molecular formula is C53H38N2. The van der Waals surface area contributed by atoms with Crippen LogP contribution in [0.1, 0.15) is 5.56 Å². The second-order valence-corrected chi connectivity index (χ2v) is 14.3. The molecule has 260 valence electrons. The molecule has 0 spiro atoms. The first-order valence-corrected chi connectivity index (χ1v) is 18.9. The molecular weight excluding hydrogens is 665 g/mol. The molecule has 2 nitrogen and oxygen atoms in total. The van der Waals surface area contributed by atoms with Gasteiger partial charge in [-0.15, -0.1) is 0 Å². The van der Waals surface area contributed by atoms with Gasteiger partial charge >= 0.3 is 0 Å². The van der Waals surface area contributed by atoms with Crippen LogP contribution >= 0.6 is 0 Å². The van der Waals surface area contributed by atoms with Gasteiger partial charge in [0.2, 0.25) is 0 Å². The zero-order valence-electron chi connectivity index (χ0n) is 30.6. The number of aromatic nitrogens is 1. The fraction of sp³-hybridized carbons (Fsp3) is 0.0189. The molecule has 0 unspecified atom stereocenters.